The predicted molar refractivity (Wildman–Crippen MR) is 77.5 cm³/mol. The van der Waals surface area contributed by atoms with Crippen LogP contribution in [0.5, 0.6) is 0 Å². The second kappa shape index (κ2) is 6.23. The molecule has 3 saturated heterocycles. The van der Waals surface area contributed by atoms with Crippen molar-refractivity contribution < 1.29 is 14.4 Å². The van der Waals surface area contributed by atoms with Crippen LogP contribution in [0.25, 0.3) is 0 Å². The number of hydrogen-bond acceptors (Lipinski definition) is 3. The van der Waals surface area contributed by atoms with Gasteiger partial charge in [0.05, 0.1) is 0 Å². The molecule has 3 aliphatic heterocycles. The van der Waals surface area contributed by atoms with Gasteiger partial charge in [-0.1, -0.05) is 0 Å². The summed E-state index contributed by atoms with van der Waals surface area (Å²) in [6.07, 6.45) is 1.57. The molecule has 0 saturated carbocycles. The van der Waals surface area contributed by atoms with Crippen molar-refractivity contribution in [2.24, 2.45) is 0 Å². The first-order valence-electron chi connectivity index (χ1n) is 7.44. The van der Waals surface area contributed by atoms with Crippen molar-refractivity contribution in [2.45, 2.75) is 12.8 Å². The number of carbonyl (C=O) groups is 3. The van der Waals surface area contributed by atoms with E-state index in [1.54, 1.807) is 9.80 Å². The Morgan fingerprint density at radius 2 is 0.952 bits per heavy atom. The van der Waals surface area contributed by atoms with Crippen LogP contribution in [0.4, 0.5) is 14.4 Å². The van der Waals surface area contributed by atoms with Gasteiger partial charge in [-0.25, -0.2) is 0 Å². The predicted octanol–water partition coefficient (Wildman–Crippen LogP) is 0.0796. The van der Waals surface area contributed by atoms with E-state index in [4.69, 9.17) is 0 Å². The molecule has 21 heavy (non-hydrogen) atoms. The third-order valence-electron chi connectivity index (χ3n) is 4.22. The van der Waals surface area contributed by atoms with Gasteiger partial charge in [0.25, 0.3) is 0 Å². The first-order chi connectivity index (χ1) is 10.1. The zero-order valence-corrected chi connectivity index (χ0v) is 13.7. The van der Waals surface area contributed by atoms with Crippen molar-refractivity contribution in [2.75, 3.05) is 52.4 Å². The quantitative estimate of drug-likeness (QED) is 0.576. The fourth-order valence-corrected chi connectivity index (χ4v) is 4.61. The molecule has 3 heterocycles. The van der Waals surface area contributed by atoms with Gasteiger partial charge in [-0.05, 0) is 0 Å². The molecule has 3 aliphatic rings. The van der Waals surface area contributed by atoms with E-state index in [-0.39, 0.29) is 15.6 Å². The van der Waals surface area contributed by atoms with Crippen LogP contribution in [-0.2, 0) is 0 Å². The van der Waals surface area contributed by atoms with Crippen LogP contribution in [0.15, 0.2) is 0 Å². The van der Waals surface area contributed by atoms with Crippen molar-refractivity contribution >= 4 is 30.6 Å². The fraction of sp³-hybridized carbons (Fsp3) is 0.769. The van der Waals surface area contributed by atoms with E-state index >= 15 is 0 Å². The van der Waals surface area contributed by atoms with Crippen LogP contribution < -0.4 is 0 Å². The van der Waals surface area contributed by atoms with Crippen LogP contribution >= 0.6 is 0 Å². The normalized spacial score (nSPS) is 24.9. The van der Waals surface area contributed by atoms with Crippen molar-refractivity contribution in [1.82, 2.24) is 19.6 Å². The summed E-state index contributed by atoms with van der Waals surface area (Å²) >= 11 is -0.615. The van der Waals surface area contributed by atoms with Gasteiger partial charge in [0.2, 0.25) is 0 Å². The third-order valence-corrected chi connectivity index (χ3v) is 6.04. The summed E-state index contributed by atoms with van der Waals surface area (Å²) in [4.78, 5) is 43.7. The van der Waals surface area contributed by atoms with Gasteiger partial charge >= 0.3 is 130 Å². The van der Waals surface area contributed by atoms with Crippen molar-refractivity contribution in [3.8, 4) is 0 Å². The fourth-order valence-electron chi connectivity index (χ4n) is 2.99. The molecule has 8 heteroatoms. The molecule has 0 atom stereocenters. The summed E-state index contributed by atoms with van der Waals surface area (Å²) in [5, 5.41) is 0. The van der Waals surface area contributed by atoms with Gasteiger partial charge in [-0.2, -0.15) is 0 Å². The molecule has 0 aliphatic carbocycles. The van der Waals surface area contributed by atoms with Gasteiger partial charge in [-0.15, -0.1) is 0 Å². The number of nitrogens with zero attached hydrogens (tertiary/aromatic N) is 4. The molecule has 0 radical (unpaired) electrons. The van der Waals surface area contributed by atoms with Crippen LogP contribution in [0, 0.1) is 0 Å². The summed E-state index contributed by atoms with van der Waals surface area (Å²) < 4.78 is 0. The standard InChI is InChI=1S/C13H20N4O3Se/c18-11-14-3-1-5-16-9-10-17(13(20)21-12(16)19)6-2-4-15(11)8-7-14/h1-10H2. The summed E-state index contributed by atoms with van der Waals surface area (Å²) in [6.45, 7) is 5.50. The van der Waals surface area contributed by atoms with E-state index in [2.05, 4.69) is 0 Å². The summed E-state index contributed by atoms with van der Waals surface area (Å²) in [7, 11) is 0. The Morgan fingerprint density at radius 3 is 1.43 bits per heavy atom. The Labute approximate surface area is 130 Å². The molecule has 0 aromatic heterocycles. The average molecular weight is 359 g/mol. The second-order valence-electron chi connectivity index (χ2n) is 5.57. The van der Waals surface area contributed by atoms with Crippen LogP contribution in [0.1, 0.15) is 12.8 Å². The molecule has 0 unspecified atom stereocenters. The number of fused-ring (bicyclic) bond motifs is 5. The molecule has 0 aromatic carbocycles. The van der Waals surface area contributed by atoms with Gasteiger partial charge in [-0.3, -0.25) is 0 Å². The first kappa shape index (κ1) is 14.7. The minimum absolute atomic E-state index is 0.0126. The maximum absolute atomic E-state index is 12.2. The maximum atomic E-state index is 12.2. The molecule has 0 spiro atoms. The topological polar surface area (TPSA) is 64.2 Å². The van der Waals surface area contributed by atoms with Crippen molar-refractivity contribution in [3.63, 3.8) is 0 Å². The molecule has 0 N–H and O–H groups in total. The first-order valence-corrected chi connectivity index (χ1v) is 9.16. The molecule has 4 bridgehead atoms. The average Bonchev–Trinajstić information content (AvgIpc) is 2.74. The molecule has 3 fully saturated rings. The van der Waals surface area contributed by atoms with Crippen molar-refractivity contribution in [1.29, 1.82) is 0 Å². The second-order valence-corrected chi connectivity index (χ2v) is 7.47. The Kier molecular flexibility index (Phi) is 4.35. The molecule has 3 rings (SSSR count). The zero-order valence-electron chi connectivity index (χ0n) is 12.0. The summed E-state index contributed by atoms with van der Waals surface area (Å²) in [5.74, 6) is 0. The zero-order chi connectivity index (χ0) is 14.8. The molecular formula is C13H20N4O3Se. The van der Waals surface area contributed by atoms with Crippen LogP contribution in [0.2, 0.25) is 0 Å². The van der Waals surface area contributed by atoms with Gasteiger partial charge in [0.1, 0.15) is 0 Å². The number of rotatable bonds is 0. The Balaban J connectivity index is 1.73. The summed E-state index contributed by atoms with van der Waals surface area (Å²) in [5.41, 5.74) is 0. The van der Waals surface area contributed by atoms with Gasteiger partial charge in [0, 0.05) is 0 Å². The van der Waals surface area contributed by atoms with Gasteiger partial charge in [0.15, 0.2) is 0 Å². The van der Waals surface area contributed by atoms with E-state index in [1.165, 1.54) is 0 Å². The molecule has 0 aromatic rings. The van der Waals surface area contributed by atoms with Gasteiger partial charge < -0.3 is 0 Å². The SMILES string of the molecule is O=C1[Se]C(=O)N2CCCN3CCN(CCCN1CC2)C3=O. The number of hydrogen-bond donors (Lipinski definition) is 0. The monoisotopic (exact) mass is 360 g/mol. The Bertz CT molecular complexity index is 421. The number of amides is 4. The summed E-state index contributed by atoms with van der Waals surface area (Å²) in [6, 6.07) is 0.103. The van der Waals surface area contributed by atoms with E-state index in [9.17, 15) is 14.4 Å². The van der Waals surface area contributed by atoms with E-state index < -0.39 is 15.0 Å². The Morgan fingerprint density at radius 1 is 0.571 bits per heavy atom. The van der Waals surface area contributed by atoms with E-state index in [0.717, 1.165) is 25.9 Å². The minimum atomic E-state index is -0.615. The van der Waals surface area contributed by atoms with Crippen LogP contribution in [-0.4, -0.2) is 103 Å². The van der Waals surface area contributed by atoms with E-state index in [0.29, 0.717) is 39.3 Å². The van der Waals surface area contributed by atoms with Crippen LogP contribution in [0.3, 0.4) is 0 Å². The molecule has 116 valence electrons. The number of carbonyl (C=O) groups excluding carboxylic acids is 3. The van der Waals surface area contributed by atoms with E-state index in [1.807, 2.05) is 9.80 Å². The molecule has 7 nitrogen and oxygen atoms in total. The molecule has 4 amide bonds. The molecular weight excluding hydrogens is 339 g/mol. The number of urea groups is 1. The third kappa shape index (κ3) is 3.16. The van der Waals surface area contributed by atoms with Crippen molar-refractivity contribution in [3.05, 3.63) is 0 Å². The Hall–Kier alpha value is -1.27.